The zero-order valence-corrected chi connectivity index (χ0v) is 33.9. The molecule has 286 valence electrons. The van der Waals surface area contributed by atoms with Crippen molar-refractivity contribution in [1.82, 2.24) is 15.0 Å². The molecule has 2 heterocycles. The van der Waals surface area contributed by atoms with Gasteiger partial charge in [-0.05, 0) is 90.7 Å². The van der Waals surface area contributed by atoms with Crippen molar-refractivity contribution in [2.24, 2.45) is 0 Å². The highest BCUT2D eigenvalue weighted by molar-refractivity contribution is 7.99. The first kappa shape index (κ1) is 36.4. The van der Waals surface area contributed by atoms with E-state index in [1.807, 2.05) is 23.9 Å². The van der Waals surface area contributed by atoms with E-state index in [2.05, 4.69) is 212 Å². The molecule has 0 amide bonds. The predicted octanol–water partition coefficient (Wildman–Crippen LogP) is 15.3. The van der Waals surface area contributed by atoms with Gasteiger partial charge >= 0.3 is 0 Å². The molecule has 3 nitrogen and oxygen atoms in total. The maximum Gasteiger partial charge on any atom is 0.164 e. The number of hydrogen-bond acceptors (Lipinski definition) is 4. The van der Waals surface area contributed by atoms with Crippen molar-refractivity contribution in [1.29, 1.82) is 0 Å². The lowest BCUT2D eigenvalue weighted by molar-refractivity contribution is 1.07. The summed E-state index contributed by atoms with van der Waals surface area (Å²) in [5.74, 6) is 1.85. The third-order valence-corrected chi connectivity index (χ3v) is 12.6. The molecule has 0 aliphatic carbocycles. The number of benzene rings is 9. The van der Waals surface area contributed by atoms with Gasteiger partial charge < -0.3 is 0 Å². The molecule has 10 aromatic rings. The van der Waals surface area contributed by atoms with E-state index in [1.165, 1.54) is 37.3 Å². The van der Waals surface area contributed by atoms with Gasteiger partial charge in [-0.3, -0.25) is 0 Å². The summed E-state index contributed by atoms with van der Waals surface area (Å²) in [5, 5.41) is 2.42. The number of fused-ring (bicyclic) bond motifs is 8. The van der Waals surface area contributed by atoms with Crippen LogP contribution in [-0.4, -0.2) is 15.0 Å². The van der Waals surface area contributed by atoms with Crippen LogP contribution in [0.4, 0.5) is 0 Å². The van der Waals surface area contributed by atoms with E-state index in [9.17, 15) is 0 Å². The van der Waals surface area contributed by atoms with Gasteiger partial charge in [-0.25, -0.2) is 15.0 Å². The van der Waals surface area contributed by atoms with Crippen LogP contribution in [0.1, 0.15) is 11.1 Å². The minimum absolute atomic E-state index is 0.613. The molecular weight excluding hydrogens is 759 g/mol. The van der Waals surface area contributed by atoms with E-state index in [4.69, 9.17) is 15.0 Å². The fourth-order valence-corrected chi connectivity index (χ4v) is 9.53. The molecule has 0 spiro atoms. The van der Waals surface area contributed by atoms with Crippen molar-refractivity contribution in [2.75, 3.05) is 0 Å². The molecule has 1 aliphatic rings. The van der Waals surface area contributed by atoms with Gasteiger partial charge in [0.2, 0.25) is 0 Å². The maximum atomic E-state index is 5.27. The van der Waals surface area contributed by atoms with E-state index in [1.54, 1.807) is 0 Å². The van der Waals surface area contributed by atoms with Gasteiger partial charge in [-0.1, -0.05) is 212 Å². The molecule has 61 heavy (non-hydrogen) atoms. The van der Waals surface area contributed by atoms with Gasteiger partial charge in [0.05, 0.1) is 0 Å². The molecule has 0 saturated heterocycles. The second kappa shape index (κ2) is 15.8. The molecule has 11 rings (SSSR count). The summed E-state index contributed by atoms with van der Waals surface area (Å²) in [5.41, 5.74) is 14.2. The fourth-order valence-electron chi connectivity index (χ4n) is 8.29. The van der Waals surface area contributed by atoms with Crippen LogP contribution in [0, 0.1) is 0 Å². The van der Waals surface area contributed by atoms with Crippen molar-refractivity contribution in [3.05, 3.63) is 223 Å². The van der Waals surface area contributed by atoms with Crippen LogP contribution in [0.25, 0.3) is 102 Å². The van der Waals surface area contributed by atoms with Gasteiger partial charge in [0.1, 0.15) is 0 Å². The molecule has 4 heteroatoms. The smallest absolute Gasteiger partial charge is 0.164 e. The third kappa shape index (κ3) is 7.14. The number of nitrogens with zero attached hydrogens (tertiary/aromatic N) is 3. The second-order valence-corrected chi connectivity index (χ2v) is 16.2. The second-order valence-electron chi connectivity index (χ2n) is 15.2. The lowest BCUT2D eigenvalue weighted by Gasteiger charge is -2.17. The highest BCUT2D eigenvalue weighted by atomic mass is 32.2. The average Bonchev–Trinajstić information content (AvgIpc) is 3.36. The van der Waals surface area contributed by atoms with Gasteiger partial charge in [0.15, 0.2) is 17.5 Å². The van der Waals surface area contributed by atoms with E-state index < -0.39 is 0 Å². The lowest BCUT2D eigenvalue weighted by atomic mass is 9.93. The van der Waals surface area contributed by atoms with Crippen molar-refractivity contribution >= 4 is 34.7 Å². The van der Waals surface area contributed by atoms with Crippen LogP contribution in [0.3, 0.4) is 0 Å². The summed E-state index contributed by atoms with van der Waals surface area (Å²) in [6, 6.07) is 75.2. The van der Waals surface area contributed by atoms with E-state index >= 15 is 0 Å². The van der Waals surface area contributed by atoms with E-state index in [-0.39, 0.29) is 0 Å². The first-order valence-electron chi connectivity index (χ1n) is 20.5. The van der Waals surface area contributed by atoms with Crippen molar-refractivity contribution in [3.8, 4) is 78.7 Å². The molecule has 9 aromatic carbocycles. The van der Waals surface area contributed by atoms with Crippen LogP contribution >= 0.6 is 11.8 Å². The zero-order valence-electron chi connectivity index (χ0n) is 33.1. The Morgan fingerprint density at radius 2 is 0.803 bits per heavy atom. The molecular formula is C57H37N3S. The standard InChI is InChI=1S/C57H37N3S/c1-3-15-38(16-4-1)43-21-13-23-45(35-43)55-58-56(46-24-14-22-44(36-46)39-17-5-2-6-18-39)60-57(59-55)47-32-31-42-30-29-40-19-7-9-25-48(40)50-27-11-12-28-53(50)61-54-49-26-10-8-20-41(49)33-34-51(54)52(42)37-47/h1-37H. The molecule has 1 aromatic heterocycles. The summed E-state index contributed by atoms with van der Waals surface area (Å²) < 4.78 is 0. The monoisotopic (exact) mass is 795 g/mol. The summed E-state index contributed by atoms with van der Waals surface area (Å²) in [6.45, 7) is 0. The van der Waals surface area contributed by atoms with Crippen LogP contribution in [-0.2, 0) is 0 Å². The van der Waals surface area contributed by atoms with E-state index in [0.29, 0.717) is 17.5 Å². The zero-order chi connectivity index (χ0) is 40.5. The lowest BCUT2D eigenvalue weighted by Crippen LogP contribution is -2.01. The molecule has 0 N–H and O–H groups in total. The minimum atomic E-state index is 0.613. The van der Waals surface area contributed by atoms with Crippen LogP contribution in [0.5, 0.6) is 0 Å². The maximum absolute atomic E-state index is 5.27. The Bertz CT molecular complexity index is 3180. The Morgan fingerprint density at radius 3 is 1.48 bits per heavy atom. The molecule has 0 radical (unpaired) electrons. The first-order chi connectivity index (χ1) is 30.2. The number of aromatic nitrogens is 3. The third-order valence-electron chi connectivity index (χ3n) is 11.4. The van der Waals surface area contributed by atoms with Crippen molar-refractivity contribution in [2.45, 2.75) is 9.79 Å². The molecule has 0 saturated carbocycles. The molecule has 0 atom stereocenters. The Balaban J connectivity index is 1.13. The predicted molar refractivity (Wildman–Crippen MR) is 255 cm³/mol. The molecule has 0 unspecified atom stereocenters. The van der Waals surface area contributed by atoms with Crippen LogP contribution in [0.2, 0.25) is 0 Å². The largest absolute Gasteiger partial charge is 0.208 e. The van der Waals surface area contributed by atoms with Gasteiger partial charge in [-0.2, -0.15) is 0 Å². The van der Waals surface area contributed by atoms with Crippen LogP contribution < -0.4 is 0 Å². The molecule has 1 aliphatic heterocycles. The van der Waals surface area contributed by atoms with Crippen LogP contribution in [0.15, 0.2) is 222 Å². The van der Waals surface area contributed by atoms with Crippen molar-refractivity contribution < 1.29 is 0 Å². The molecule has 0 bridgehead atoms. The van der Waals surface area contributed by atoms with Gasteiger partial charge in [0, 0.05) is 26.5 Å². The highest BCUT2D eigenvalue weighted by Crippen LogP contribution is 2.47. The molecule has 0 fully saturated rings. The Kier molecular flexibility index (Phi) is 9.45. The summed E-state index contributed by atoms with van der Waals surface area (Å²) in [7, 11) is 0. The summed E-state index contributed by atoms with van der Waals surface area (Å²) in [6.07, 6.45) is 4.50. The minimum Gasteiger partial charge on any atom is -0.208 e. The highest BCUT2D eigenvalue weighted by Gasteiger charge is 2.20. The fraction of sp³-hybridized carbons (Fsp3) is 0. The van der Waals surface area contributed by atoms with E-state index in [0.717, 1.165) is 55.6 Å². The number of rotatable bonds is 5. The first-order valence-corrected chi connectivity index (χ1v) is 21.3. The Labute approximate surface area is 359 Å². The summed E-state index contributed by atoms with van der Waals surface area (Å²) in [4.78, 5) is 18.2. The number of hydrogen-bond donors (Lipinski definition) is 0. The quantitative estimate of drug-likeness (QED) is 0.174. The normalized spacial score (nSPS) is 11.8. The Morgan fingerprint density at radius 1 is 0.295 bits per heavy atom. The Hall–Kier alpha value is -7.66. The SMILES string of the molecule is C1=Cc2ccc(-c3nc(-c4cccc(-c5ccccc5)c4)nc(-c4cccc(-c5ccccc5)c4)n3)cc2-c2ccc3ccccc3c2Sc2ccccc2-c2ccccc21. The van der Waals surface area contributed by atoms with Gasteiger partial charge in [0.25, 0.3) is 0 Å². The average molecular weight is 796 g/mol. The summed E-state index contributed by atoms with van der Waals surface area (Å²) >= 11 is 1.84. The van der Waals surface area contributed by atoms with Gasteiger partial charge in [-0.15, -0.1) is 0 Å². The van der Waals surface area contributed by atoms with Crippen molar-refractivity contribution in [3.63, 3.8) is 0 Å². The topological polar surface area (TPSA) is 38.7 Å².